The van der Waals surface area contributed by atoms with Crippen LogP contribution in [0.15, 0.2) is 59.7 Å². The van der Waals surface area contributed by atoms with E-state index >= 15 is 0 Å². The number of hydrogen-bond acceptors (Lipinski definition) is 3. The molecule has 1 aromatic heterocycles. The van der Waals surface area contributed by atoms with Gasteiger partial charge < -0.3 is 0 Å². The molecule has 1 aliphatic rings. The van der Waals surface area contributed by atoms with E-state index < -0.39 is 0 Å². The first kappa shape index (κ1) is 14.9. The van der Waals surface area contributed by atoms with Crippen LogP contribution in [0.25, 0.3) is 16.3 Å². The standard InChI is InChI=1S/C18H14ClFN4/c1-24-18-14(16(23-24)11-5-3-2-4-6-11)15(19)17(21-22-18)12-7-9-13(20)10-8-12/h2-10,17,21H,1H3. The summed E-state index contributed by atoms with van der Waals surface area (Å²) in [5.74, 6) is -0.283. The van der Waals surface area contributed by atoms with Gasteiger partial charge in [-0.25, -0.2) is 9.07 Å². The third-order valence-electron chi connectivity index (χ3n) is 4.06. The average Bonchev–Trinajstić information content (AvgIpc) is 2.95. The van der Waals surface area contributed by atoms with Crippen LogP contribution in [0.1, 0.15) is 11.6 Å². The van der Waals surface area contributed by atoms with Crippen LogP contribution in [-0.4, -0.2) is 9.78 Å². The number of aryl methyl sites for hydroxylation is 1. The van der Waals surface area contributed by atoms with Crippen LogP contribution in [0.3, 0.4) is 0 Å². The molecule has 0 saturated carbocycles. The molecule has 0 saturated heterocycles. The molecule has 0 amide bonds. The van der Waals surface area contributed by atoms with Crippen LogP contribution in [0.5, 0.6) is 0 Å². The minimum atomic E-state index is -0.327. The van der Waals surface area contributed by atoms with E-state index in [9.17, 15) is 4.39 Å². The van der Waals surface area contributed by atoms with E-state index in [0.717, 1.165) is 22.0 Å². The summed E-state index contributed by atoms with van der Waals surface area (Å²) in [6.07, 6.45) is 0. The van der Waals surface area contributed by atoms with Gasteiger partial charge in [-0.05, 0) is 17.7 Å². The molecule has 1 atom stereocenters. The molecule has 4 rings (SSSR count). The number of nitrogens with one attached hydrogen (secondary N) is 1. The van der Waals surface area contributed by atoms with E-state index in [2.05, 4.69) is 15.6 Å². The first-order valence-corrected chi connectivity index (χ1v) is 7.90. The van der Waals surface area contributed by atoms with Crippen LogP contribution in [0.2, 0.25) is 0 Å². The second-order valence-corrected chi connectivity index (χ2v) is 6.02. The van der Waals surface area contributed by atoms with E-state index in [-0.39, 0.29) is 11.9 Å². The molecule has 2 heterocycles. The number of benzene rings is 2. The molecule has 0 fully saturated rings. The lowest BCUT2D eigenvalue weighted by atomic mass is 10.0. The second-order valence-electron chi connectivity index (χ2n) is 5.61. The predicted molar refractivity (Wildman–Crippen MR) is 91.0 cm³/mol. The van der Waals surface area contributed by atoms with Gasteiger partial charge in [0.05, 0.1) is 10.3 Å². The third-order valence-corrected chi connectivity index (χ3v) is 4.47. The van der Waals surface area contributed by atoms with Crippen molar-refractivity contribution in [3.8, 4) is 11.3 Å². The number of halogens is 2. The normalized spacial score (nSPS) is 16.3. The SMILES string of the molecule is Cn1nc(-c2ccccc2)c2c1=NNC(c1ccc(F)cc1)C=2Cl. The minimum absolute atomic E-state index is 0.283. The zero-order valence-corrected chi connectivity index (χ0v) is 13.6. The molecule has 24 heavy (non-hydrogen) atoms. The van der Waals surface area contributed by atoms with Gasteiger partial charge in [0, 0.05) is 12.6 Å². The molecule has 1 N–H and O–H groups in total. The fraction of sp³-hybridized carbons (Fsp3) is 0.111. The van der Waals surface area contributed by atoms with Crippen LogP contribution < -0.4 is 16.1 Å². The van der Waals surface area contributed by atoms with Crippen molar-refractivity contribution in [3.05, 3.63) is 76.7 Å². The Labute approximate surface area is 142 Å². The Bertz CT molecular complexity index is 1010. The first-order valence-electron chi connectivity index (χ1n) is 7.52. The van der Waals surface area contributed by atoms with Crippen molar-refractivity contribution in [1.82, 2.24) is 15.2 Å². The van der Waals surface area contributed by atoms with Gasteiger partial charge in [-0.15, -0.1) is 0 Å². The Morgan fingerprint density at radius 1 is 1.08 bits per heavy atom. The highest BCUT2D eigenvalue weighted by Gasteiger charge is 2.23. The molecule has 3 aromatic rings. The lowest BCUT2D eigenvalue weighted by Gasteiger charge is -2.19. The van der Waals surface area contributed by atoms with Crippen molar-refractivity contribution in [3.63, 3.8) is 0 Å². The Hall–Kier alpha value is -2.66. The highest BCUT2D eigenvalue weighted by Crippen LogP contribution is 2.27. The maximum absolute atomic E-state index is 13.2. The quantitative estimate of drug-likeness (QED) is 0.778. The fourth-order valence-electron chi connectivity index (χ4n) is 2.86. The van der Waals surface area contributed by atoms with Gasteiger partial charge in [-0.2, -0.15) is 10.2 Å². The van der Waals surface area contributed by atoms with E-state index in [1.807, 2.05) is 37.4 Å². The Morgan fingerprint density at radius 2 is 1.79 bits per heavy atom. The van der Waals surface area contributed by atoms with Crippen molar-refractivity contribution in [2.24, 2.45) is 12.1 Å². The summed E-state index contributed by atoms with van der Waals surface area (Å²) in [5.41, 5.74) is 6.33. The maximum Gasteiger partial charge on any atom is 0.179 e. The van der Waals surface area contributed by atoms with Crippen molar-refractivity contribution in [2.45, 2.75) is 6.04 Å². The number of rotatable bonds is 2. The van der Waals surface area contributed by atoms with Gasteiger partial charge in [0.2, 0.25) is 0 Å². The third kappa shape index (κ3) is 2.37. The van der Waals surface area contributed by atoms with Crippen molar-refractivity contribution >= 4 is 16.6 Å². The van der Waals surface area contributed by atoms with Gasteiger partial charge in [-0.3, -0.25) is 5.43 Å². The maximum atomic E-state index is 13.2. The molecular weight excluding hydrogens is 327 g/mol. The molecule has 0 radical (unpaired) electrons. The van der Waals surface area contributed by atoms with Crippen molar-refractivity contribution in [2.75, 3.05) is 0 Å². The molecule has 120 valence electrons. The largest absolute Gasteiger partial charge is 0.295 e. The molecule has 0 bridgehead atoms. The van der Waals surface area contributed by atoms with Crippen LogP contribution in [-0.2, 0) is 7.05 Å². The summed E-state index contributed by atoms with van der Waals surface area (Å²) in [4.78, 5) is 0. The lowest BCUT2D eigenvalue weighted by Crippen LogP contribution is -2.40. The Kier molecular flexibility index (Phi) is 3.58. The van der Waals surface area contributed by atoms with E-state index in [1.165, 1.54) is 12.1 Å². The van der Waals surface area contributed by atoms with Gasteiger partial charge in [-0.1, -0.05) is 54.1 Å². The summed E-state index contributed by atoms with van der Waals surface area (Å²) < 4.78 is 14.9. The summed E-state index contributed by atoms with van der Waals surface area (Å²) >= 11 is 6.70. The molecule has 2 aromatic carbocycles. The highest BCUT2D eigenvalue weighted by molar-refractivity contribution is 6.46. The first-order chi connectivity index (χ1) is 11.6. The smallest absolute Gasteiger partial charge is 0.179 e. The summed E-state index contributed by atoms with van der Waals surface area (Å²) in [6.45, 7) is 0. The number of aromatic nitrogens is 2. The van der Waals surface area contributed by atoms with Gasteiger partial charge in [0.1, 0.15) is 17.6 Å². The zero-order chi connectivity index (χ0) is 16.7. The van der Waals surface area contributed by atoms with E-state index in [0.29, 0.717) is 10.5 Å². The zero-order valence-electron chi connectivity index (χ0n) is 12.9. The second kappa shape index (κ2) is 5.76. The molecule has 1 unspecified atom stereocenters. The van der Waals surface area contributed by atoms with Crippen LogP contribution in [0.4, 0.5) is 4.39 Å². The minimum Gasteiger partial charge on any atom is -0.295 e. The predicted octanol–water partition coefficient (Wildman–Crippen LogP) is 2.45. The molecule has 1 aliphatic heterocycles. The van der Waals surface area contributed by atoms with Gasteiger partial charge >= 0.3 is 0 Å². The number of nitrogens with zero attached hydrogens (tertiary/aromatic N) is 3. The summed E-state index contributed by atoms with van der Waals surface area (Å²) in [6, 6.07) is 15.8. The Morgan fingerprint density at radius 3 is 2.50 bits per heavy atom. The van der Waals surface area contributed by atoms with Crippen molar-refractivity contribution in [1.29, 1.82) is 0 Å². The molecule has 0 spiro atoms. The molecular formula is C18H14ClFN4. The summed E-state index contributed by atoms with van der Waals surface area (Å²) in [5, 5.41) is 10.4. The topological polar surface area (TPSA) is 42.2 Å². The van der Waals surface area contributed by atoms with Crippen LogP contribution in [0, 0.1) is 5.82 Å². The highest BCUT2D eigenvalue weighted by atomic mass is 35.5. The Balaban J connectivity index is 1.94. The number of fused-ring (bicyclic) bond motifs is 1. The lowest BCUT2D eigenvalue weighted by molar-refractivity contribution is 0.601. The molecule has 6 heteroatoms. The van der Waals surface area contributed by atoms with Gasteiger partial charge in [0.15, 0.2) is 5.49 Å². The molecule has 0 aliphatic carbocycles. The monoisotopic (exact) mass is 340 g/mol. The summed E-state index contributed by atoms with van der Waals surface area (Å²) in [7, 11) is 1.83. The van der Waals surface area contributed by atoms with E-state index in [1.54, 1.807) is 16.8 Å². The van der Waals surface area contributed by atoms with Gasteiger partial charge in [0.25, 0.3) is 0 Å². The number of hydrogen-bond donors (Lipinski definition) is 1. The molecule has 4 nitrogen and oxygen atoms in total. The fourth-order valence-corrected chi connectivity index (χ4v) is 3.21. The van der Waals surface area contributed by atoms with Crippen LogP contribution >= 0.6 is 11.6 Å². The van der Waals surface area contributed by atoms with E-state index in [4.69, 9.17) is 11.6 Å². The van der Waals surface area contributed by atoms with Crippen molar-refractivity contribution < 1.29 is 4.39 Å². The average molecular weight is 341 g/mol.